The van der Waals surface area contributed by atoms with Crippen LogP contribution in [-0.4, -0.2) is 94.5 Å². The van der Waals surface area contributed by atoms with E-state index in [2.05, 4.69) is 58.5 Å². The van der Waals surface area contributed by atoms with Crippen LogP contribution in [0.15, 0.2) is 156 Å². The number of rotatable bonds is 14. The Kier molecular flexibility index (Phi) is 15.0. The maximum absolute atomic E-state index is 12.9. The molecule has 12 rings (SSSR count). The average molecular weight is 1030 g/mol. The van der Waals surface area contributed by atoms with Crippen LogP contribution in [0.2, 0.25) is 0 Å². The molecule has 0 bridgehead atoms. The number of carbonyl (C=O) groups is 4. The van der Waals surface area contributed by atoms with Gasteiger partial charge in [-0.3, -0.25) is 44.1 Å². The van der Waals surface area contributed by atoms with E-state index in [9.17, 15) is 28.8 Å². The fourth-order valence-electron chi connectivity index (χ4n) is 9.53. The number of nitrogens with one attached hydrogen (secondary N) is 4. The van der Waals surface area contributed by atoms with Crippen LogP contribution in [0.4, 0.5) is 0 Å². The third-order valence-corrected chi connectivity index (χ3v) is 13.5. The molecule has 388 valence electrons. The number of hydrogen-bond acceptors (Lipinski definition) is 11. The van der Waals surface area contributed by atoms with Gasteiger partial charge in [0, 0.05) is 95.9 Å². The zero-order valence-corrected chi connectivity index (χ0v) is 41.7. The number of carboxylic acids is 1. The van der Waals surface area contributed by atoms with Crippen LogP contribution in [0.3, 0.4) is 0 Å². The standard InChI is InChI=1S/C29H26N6O3.C16H17N5O.C12H10N2O3/c36-26(21-8-5-13-34(29(21)38)16-19-6-4-12-30-15-19)10-3-11-27(37)35-17-22-25(18-35)32-33-28(22)24-14-20-7-1-2-9-23(20)31-24;17-6-5-15(22)21-8-11-14(9-21)19-20-16(11)13-7-10-3-1-2-4-12(10)18-13;15-11-10(12(16)17)4-2-6-14(11)8-9-3-1-5-13-7-9/h1-2,4-9,12-15,31H,3,10-11,16-18H2,(H,32,33);1-4,7,18H,5-6,8-9,17H2,(H,19,20);1-7H,8H2,(H,16,17). The van der Waals surface area contributed by atoms with E-state index in [1.807, 2.05) is 65.6 Å². The lowest BCUT2D eigenvalue weighted by atomic mass is 10.1. The van der Waals surface area contributed by atoms with Crippen LogP contribution < -0.4 is 16.9 Å². The third kappa shape index (κ3) is 11.3. The molecule has 20 heteroatoms. The summed E-state index contributed by atoms with van der Waals surface area (Å²) in [7, 11) is 0. The lowest BCUT2D eigenvalue weighted by Gasteiger charge is -2.15. The number of amides is 2. The van der Waals surface area contributed by atoms with Crippen molar-refractivity contribution >= 4 is 45.4 Å². The number of carbonyl (C=O) groups excluding carboxylic acids is 3. The molecule has 0 saturated carbocycles. The number of H-pyrrole nitrogens is 4. The highest BCUT2D eigenvalue weighted by atomic mass is 16.4. The quantitative estimate of drug-likeness (QED) is 0.0614. The summed E-state index contributed by atoms with van der Waals surface area (Å²) in [6.07, 6.45) is 11.0. The van der Waals surface area contributed by atoms with E-state index >= 15 is 0 Å². The predicted octanol–water partition coefficient (Wildman–Crippen LogP) is 6.80. The first-order valence-corrected chi connectivity index (χ1v) is 25.0. The number of aromatic amines is 4. The molecule has 7 N–H and O–H groups in total. The molecule has 0 fully saturated rings. The normalized spacial score (nSPS) is 12.4. The molecule has 2 aliphatic heterocycles. The fourth-order valence-corrected chi connectivity index (χ4v) is 9.53. The molecule has 2 amide bonds. The second-order valence-electron chi connectivity index (χ2n) is 18.7. The Balaban J connectivity index is 0.000000145. The lowest BCUT2D eigenvalue weighted by molar-refractivity contribution is -0.132. The number of nitrogens with zero attached hydrogens (tertiary/aromatic N) is 8. The Hall–Kier alpha value is -9.82. The smallest absolute Gasteiger partial charge is 0.341 e. The Morgan fingerprint density at radius 1 is 0.571 bits per heavy atom. The summed E-state index contributed by atoms with van der Waals surface area (Å²) in [5.41, 5.74) is 16.1. The van der Waals surface area contributed by atoms with Crippen molar-refractivity contribution in [3.05, 3.63) is 212 Å². The van der Waals surface area contributed by atoms with Gasteiger partial charge in [0.2, 0.25) is 11.8 Å². The summed E-state index contributed by atoms with van der Waals surface area (Å²) in [6.45, 7) is 3.16. The van der Waals surface area contributed by atoms with Crippen molar-refractivity contribution in [2.24, 2.45) is 5.73 Å². The largest absolute Gasteiger partial charge is 0.477 e. The number of pyridine rings is 4. The summed E-state index contributed by atoms with van der Waals surface area (Å²) in [6, 6.07) is 33.7. The van der Waals surface area contributed by atoms with Crippen LogP contribution in [-0.2, 0) is 48.9 Å². The maximum atomic E-state index is 12.9. The van der Waals surface area contributed by atoms with Gasteiger partial charge in [-0.15, -0.1) is 0 Å². The van der Waals surface area contributed by atoms with E-state index in [1.54, 1.807) is 66.3 Å². The summed E-state index contributed by atoms with van der Waals surface area (Å²) >= 11 is 0. The van der Waals surface area contributed by atoms with Crippen molar-refractivity contribution in [1.82, 2.24) is 59.3 Å². The third-order valence-electron chi connectivity index (χ3n) is 13.5. The topological polar surface area (TPSA) is 280 Å². The number of para-hydroxylation sites is 2. The highest BCUT2D eigenvalue weighted by Gasteiger charge is 2.30. The first-order chi connectivity index (χ1) is 37.5. The molecule has 0 spiro atoms. The molecule has 77 heavy (non-hydrogen) atoms. The minimum Gasteiger partial charge on any atom is -0.477 e. The summed E-state index contributed by atoms with van der Waals surface area (Å²) < 4.78 is 2.85. The predicted molar refractivity (Wildman–Crippen MR) is 287 cm³/mol. The van der Waals surface area contributed by atoms with Crippen LogP contribution in [0.1, 0.15) is 80.0 Å². The molecular formula is C57H53N13O7. The number of aromatic carboxylic acids is 1. The van der Waals surface area contributed by atoms with Gasteiger partial charge in [-0.05, 0) is 78.2 Å². The van der Waals surface area contributed by atoms with Crippen LogP contribution in [0.25, 0.3) is 44.6 Å². The lowest BCUT2D eigenvalue weighted by Crippen LogP contribution is -2.27. The number of hydrogen-bond donors (Lipinski definition) is 6. The number of Topliss-reactive ketones (excluding diaryl/α,β-unsaturated/α-hetero) is 1. The number of benzene rings is 2. The zero-order valence-electron chi connectivity index (χ0n) is 41.7. The molecule has 2 aromatic carbocycles. The number of carboxylic acid groups (broad SMARTS) is 1. The summed E-state index contributed by atoms with van der Waals surface area (Å²) in [4.78, 5) is 91.6. The van der Waals surface area contributed by atoms with Gasteiger partial charge in [-0.1, -0.05) is 48.5 Å². The van der Waals surface area contributed by atoms with Crippen molar-refractivity contribution in [1.29, 1.82) is 0 Å². The van der Waals surface area contributed by atoms with Gasteiger partial charge < -0.3 is 39.7 Å². The Morgan fingerprint density at radius 2 is 1.06 bits per heavy atom. The Morgan fingerprint density at radius 3 is 1.55 bits per heavy atom. The first-order valence-electron chi connectivity index (χ1n) is 25.0. The second kappa shape index (κ2) is 22.7. The van der Waals surface area contributed by atoms with E-state index in [0.717, 1.165) is 78.2 Å². The highest BCUT2D eigenvalue weighted by Crippen LogP contribution is 2.34. The molecule has 10 heterocycles. The van der Waals surface area contributed by atoms with E-state index < -0.39 is 11.5 Å². The molecule has 0 aliphatic carbocycles. The van der Waals surface area contributed by atoms with Gasteiger partial charge in [0.25, 0.3) is 11.1 Å². The van der Waals surface area contributed by atoms with Crippen molar-refractivity contribution in [3.63, 3.8) is 0 Å². The van der Waals surface area contributed by atoms with E-state index in [0.29, 0.717) is 58.7 Å². The molecule has 20 nitrogen and oxygen atoms in total. The van der Waals surface area contributed by atoms with E-state index in [1.165, 1.54) is 15.2 Å². The van der Waals surface area contributed by atoms with Crippen molar-refractivity contribution in [2.45, 2.75) is 65.0 Å². The van der Waals surface area contributed by atoms with Crippen molar-refractivity contribution < 1.29 is 24.3 Å². The minimum atomic E-state index is -1.21. The maximum Gasteiger partial charge on any atom is 0.341 e. The van der Waals surface area contributed by atoms with Gasteiger partial charge in [-0.25, -0.2) is 4.79 Å². The second-order valence-corrected chi connectivity index (χ2v) is 18.7. The molecule has 8 aromatic heterocycles. The van der Waals surface area contributed by atoms with Gasteiger partial charge in [0.1, 0.15) is 17.0 Å². The van der Waals surface area contributed by atoms with E-state index in [-0.39, 0.29) is 47.1 Å². The van der Waals surface area contributed by atoms with Gasteiger partial charge in [0.05, 0.1) is 67.6 Å². The highest BCUT2D eigenvalue weighted by molar-refractivity contribution is 5.96. The summed E-state index contributed by atoms with van der Waals surface area (Å²) in [5, 5.41) is 26.1. The fraction of sp³-hybridized carbons (Fsp3) is 0.193. The molecule has 0 radical (unpaired) electrons. The molecule has 10 aromatic rings. The van der Waals surface area contributed by atoms with Crippen molar-refractivity contribution in [2.75, 3.05) is 6.54 Å². The minimum absolute atomic E-state index is 0.0213. The van der Waals surface area contributed by atoms with Gasteiger partial charge in [0.15, 0.2) is 5.78 Å². The van der Waals surface area contributed by atoms with E-state index in [4.69, 9.17) is 10.8 Å². The first kappa shape index (κ1) is 50.7. The Bertz CT molecular complexity index is 3820. The average Bonchev–Trinajstić information content (AvgIpc) is 4.32. The monoisotopic (exact) mass is 1030 g/mol. The Labute approximate surface area is 439 Å². The number of aromatic nitrogens is 10. The zero-order chi connectivity index (χ0) is 53.4. The summed E-state index contributed by atoms with van der Waals surface area (Å²) in [5.74, 6) is -1.39. The SMILES string of the molecule is NCCC(=O)N1Cc2[nH]nc(-c3cc4ccccc4[nH]3)c2C1.O=C(CCCC(=O)N1Cc2[nH]nc(-c3cc4ccccc4[nH]3)c2C1)c1cccn(Cc2cccnc2)c1=O.O=C(O)c1cccn(Cc2cccnc2)c1=O. The van der Waals surface area contributed by atoms with Crippen LogP contribution in [0, 0.1) is 0 Å². The molecule has 0 saturated heterocycles. The number of nitrogens with two attached hydrogens (primary N) is 1. The van der Waals surface area contributed by atoms with Gasteiger partial charge >= 0.3 is 5.97 Å². The molecule has 0 unspecified atom stereocenters. The number of fused-ring (bicyclic) bond motifs is 4. The van der Waals surface area contributed by atoms with Crippen LogP contribution >= 0.6 is 0 Å². The van der Waals surface area contributed by atoms with Gasteiger partial charge in [-0.2, -0.15) is 10.2 Å². The number of ketones is 1. The van der Waals surface area contributed by atoms with Crippen molar-refractivity contribution in [3.8, 4) is 22.8 Å². The molecule has 0 atom stereocenters. The molecule has 2 aliphatic rings. The van der Waals surface area contributed by atoms with Crippen LogP contribution in [0.5, 0.6) is 0 Å². The molecular weight excluding hydrogens is 979 g/mol.